The van der Waals surface area contributed by atoms with Crippen LogP contribution in [0.4, 0.5) is 11.4 Å². The number of aliphatic imine (C=N–C) groups is 1. The number of halogens is 1. The van der Waals surface area contributed by atoms with Crippen LogP contribution in [-0.2, 0) is 11.4 Å². The van der Waals surface area contributed by atoms with Crippen molar-refractivity contribution >= 4 is 56.2 Å². The standard InChI is InChI=1S/C34H31BrN2O3S/c1-21-11-13-27(15-23(21)3)36-34-37(28-14-12-22(2)24(4)16-28)33(38)31(41-34)19-26-17-29(35)32(30(18-26)39-5)40-20-25-9-7-6-8-10-25/h6-19H,20H2,1-5H3. The predicted octanol–water partition coefficient (Wildman–Crippen LogP) is 9.08. The normalized spacial score (nSPS) is 15.2. The zero-order valence-electron chi connectivity index (χ0n) is 23.7. The highest BCUT2D eigenvalue weighted by Crippen LogP contribution is 2.41. The number of ether oxygens (including phenoxy) is 2. The Balaban J connectivity index is 1.51. The van der Waals surface area contributed by atoms with Crippen molar-refractivity contribution in [3.63, 3.8) is 0 Å². The van der Waals surface area contributed by atoms with E-state index < -0.39 is 0 Å². The van der Waals surface area contributed by atoms with Crippen molar-refractivity contribution in [2.75, 3.05) is 12.0 Å². The zero-order valence-corrected chi connectivity index (χ0v) is 26.1. The van der Waals surface area contributed by atoms with Gasteiger partial charge in [0.2, 0.25) is 0 Å². The van der Waals surface area contributed by atoms with Crippen LogP contribution in [-0.4, -0.2) is 18.2 Å². The number of anilines is 1. The molecule has 0 bridgehead atoms. The lowest BCUT2D eigenvalue weighted by atomic mass is 10.1. The van der Waals surface area contributed by atoms with Crippen molar-refractivity contribution in [3.8, 4) is 11.5 Å². The summed E-state index contributed by atoms with van der Waals surface area (Å²) in [7, 11) is 1.61. The fourth-order valence-electron chi connectivity index (χ4n) is 4.39. The fourth-order valence-corrected chi connectivity index (χ4v) is 5.97. The Morgan fingerprint density at radius 1 is 0.878 bits per heavy atom. The molecule has 0 aromatic heterocycles. The van der Waals surface area contributed by atoms with Gasteiger partial charge in [-0.3, -0.25) is 9.69 Å². The predicted molar refractivity (Wildman–Crippen MR) is 173 cm³/mol. The van der Waals surface area contributed by atoms with E-state index in [4.69, 9.17) is 14.5 Å². The first-order valence-electron chi connectivity index (χ1n) is 13.2. The van der Waals surface area contributed by atoms with E-state index in [0.29, 0.717) is 28.2 Å². The molecule has 0 N–H and O–H groups in total. The van der Waals surface area contributed by atoms with Crippen LogP contribution >= 0.6 is 27.7 Å². The van der Waals surface area contributed by atoms with Gasteiger partial charge in [0, 0.05) is 0 Å². The van der Waals surface area contributed by atoms with Crippen molar-refractivity contribution < 1.29 is 14.3 Å². The first-order chi connectivity index (χ1) is 19.7. The van der Waals surface area contributed by atoms with Crippen LogP contribution in [0.1, 0.15) is 33.4 Å². The Morgan fingerprint density at radius 2 is 1.59 bits per heavy atom. The number of carbonyl (C=O) groups is 1. The highest BCUT2D eigenvalue weighted by Gasteiger charge is 2.35. The molecule has 1 heterocycles. The SMILES string of the molecule is COc1cc(C=C2SC(=Nc3ccc(C)c(C)c3)N(c3ccc(C)c(C)c3)C2=O)cc(Br)c1OCc1ccccc1. The quantitative estimate of drug-likeness (QED) is 0.192. The maximum Gasteiger partial charge on any atom is 0.271 e. The van der Waals surface area contributed by atoms with Crippen molar-refractivity contribution in [1.29, 1.82) is 0 Å². The van der Waals surface area contributed by atoms with Gasteiger partial charge in [-0.1, -0.05) is 42.5 Å². The molecule has 1 amide bonds. The zero-order chi connectivity index (χ0) is 29.1. The van der Waals surface area contributed by atoms with Gasteiger partial charge in [0.25, 0.3) is 5.91 Å². The van der Waals surface area contributed by atoms with Crippen molar-refractivity contribution in [3.05, 3.63) is 122 Å². The Kier molecular flexibility index (Phi) is 8.66. The van der Waals surface area contributed by atoms with Crippen molar-refractivity contribution in [2.24, 2.45) is 4.99 Å². The molecule has 1 fully saturated rings. The van der Waals surface area contributed by atoms with E-state index in [1.54, 1.807) is 12.0 Å². The minimum Gasteiger partial charge on any atom is -0.493 e. The van der Waals surface area contributed by atoms with E-state index >= 15 is 0 Å². The largest absolute Gasteiger partial charge is 0.493 e. The number of methoxy groups -OCH3 is 1. The van der Waals surface area contributed by atoms with E-state index in [0.717, 1.165) is 38.1 Å². The van der Waals surface area contributed by atoms with Crippen LogP contribution in [0.2, 0.25) is 0 Å². The van der Waals surface area contributed by atoms with E-state index in [1.165, 1.54) is 22.9 Å². The molecule has 41 heavy (non-hydrogen) atoms. The molecule has 0 radical (unpaired) electrons. The summed E-state index contributed by atoms with van der Waals surface area (Å²) in [6.07, 6.45) is 1.87. The number of rotatable bonds is 7. The maximum absolute atomic E-state index is 13.9. The van der Waals surface area contributed by atoms with Gasteiger partial charge in [-0.25, -0.2) is 4.99 Å². The van der Waals surface area contributed by atoms with Gasteiger partial charge in [0.1, 0.15) is 6.61 Å². The molecule has 0 aliphatic carbocycles. The number of hydrogen-bond acceptors (Lipinski definition) is 5. The average Bonchev–Trinajstić information content (AvgIpc) is 3.25. The lowest BCUT2D eigenvalue weighted by Crippen LogP contribution is -2.28. The Hall–Kier alpha value is -3.81. The van der Waals surface area contributed by atoms with Crippen LogP contribution in [0, 0.1) is 27.7 Å². The first kappa shape index (κ1) is 28.7. The van der Waals surface area contributed by atoms with Crippen LogP contribution in [0.15, 0.2) is 93.2 Å². The maximum atomic E-state index is 13.9. The third-order valence-corrected chi connectivity index (χ3v) is 8.60. The van der Waals surface area contributed by atoms with E-state index in [9.17, 15) is 4.79 Å². The van der Waals surface area contributed by atoms with Crippen molar-refractivity contribution in [2.45, 2.75) is 34.3 Å². The number of benzene rings is 4. The Morgan fingerprint density at radius 3 is 2.27 bits per heavy atom. The Labute approximate surface area is 254 Å². The van der Waals surface area contributed by atoms with E-state index in [2.05, 4.69) is 49.7 Å². The van der Waals surface area contributed by atoms with Crippen LogP contribution in [0.3, 0.4) is 0 Å². The van der Waals surface area contributed by atoms with Gasteiger partial charge in [0.05, 0.1) is 27.9 Å². The fraction of sp³-hybridized carbons (Fsp3) is 0.176. The number of amidine groups is 1. The smallest absolute Gasteiger partial charge is 0.271 e. The summed E-state index contributed by atoms with van der Waals surface area (Å²) < 4.78 is 12.5. The van der Waals surface area contributed by atoms with Gasteiger partial charge in [0.15, 0.2) is 16.7 Å². The molecule has 0 saturated carbocycles. The summed E-state index contributed by atoms with van der Waals surface area (Å²) in [6.45, 7) is 8.67. The minimum absolute atomic E-state index is 0.125. The van der Waals surface area contributed by atoms with Crippen LogP contribution in [0.25, 0.3) is 6.08 Å². The van der Waals surface area contributed by atoms with Gasteiger partial charge in [-0.15, -0.1) is 0 Å². The van der Waals surface area contributed by atoms with Gasteiger partial charge in [-0.05, 0) is 131 Å². The molecular weight excluding hydrogens is 596 g/mol. The average molecular weight is 628 g/mol. The molecular formula is C34H31BrN2O3S. The number of carbonyl (C=O) groups excluding carboxylic acids is 1. The summed E-state index contributed by atoms with van der Waals surface area (Å²) in [4.78, 5) is 21.1. The summed E-state index contributed by atoms with van der Waals surface area (Å²) in [5, 5.41) is 0.613. The lowest BCUT2D eigenvalue weighted by Gasteiger charge is -2.17. The molecule has 1 aliphatic rings. The lowest BCUT2D eigenvalue weighted by molar-refractivity contribution is -0.113. The van der Waals surface area contributed by atoms with Crippen molar-refractivity contribution in [1.82, 2.24) is 0 Å². The Bertz CT molecular complexity index is 1680. The molecule has 1 saturated heterocycles. The summed E-state index contributed by atoms with van der Waals surface area (Å²) in [5.74, 6) is 1.06. The van der Waals surface area contributed by atoms with E-state index in [1.807, 2.05) is 78.9 Å². The number of amides is 1. The molecule has 4 aromatic carbocycles. The van der Waals surface area contributed by atoms with Gasteiger partial charge < -0.3 is 9.47 Å². The van der Waals surface area contributed by atoms with Gasteiger partial charge >= 0.3 is 0 Å². The third kappa shape index (κ3) is 6.42. The molecule has 4 aromatic rings. The molecule has 0 atom stereocenters. The minimum atomic E-state index is -0.125. The summed E-state index contributed by atoms with van der Waals surface area (Å²) >= 11 is 5.01. The second kappa shape index (κ2) is 12.4. The molecule has 5 rings (SSSR count). The van der Waals surface area contributed by atoms with E-state index in [-0.39, 0.29) is 5.91 Å². The number of thioether (sulfide) groups is 1. The molecule has 7 heteroatoms. The molecule has 0 unspecified atom stereocenters. The molecule has 5 nitrogen and oxygen atoms in total. The highest BCUT2D eigenvalue weighted by atomic mass is 79.9. The topological polar surface area (TPSA) is 51.1 Å². The number of hydrogen-bond donors (Lipinski definition) is 0. The molecule has 208 valence electrons. The monoisotopic (exact) mass is 626 g/mol. The molecule has 1 aliphatic heterocycles. The van der Waals surface area contributed by atoms with Crippen LogP contribution in [0.5, 0.6) is 11.5 Å². The van der Waals surface area contributed by atoms with Crippen LogP contribution < -0.4 is 14.4 Å². The highest BCUT2D eigenvalue weighted by molar-refractivity contribution is 9.10. The number of aryl methyl sites for hydroxylation is 4. The third-order valence-electron chi connectivity index (χ3n) is 7.05. The van der Waals surface area contributed by atoms with Gasteiger partial charge in [-0.2, -0.15) is 0 Å². The second-order valence-electron chi connectivity index (χ2n) is 9.99. The summed E-state index contributed by atoms with van der Waals surface area (Å²) in [6, 6.07) is 25.9. The first-order valence-corrected chi connectivity index (χ1v) is 14.9. The number of nitrogens with zero attached hydrogens (tertiary/aromatic N) is 2. The molecule has 0 spiro atoms. The second-order valence-corrected chi connectivity index (χ2v) is 11.9. The summed E-state index contributed by atoms with van der Waals surface area (Å²) in [5.41, 5.74) is 8.10.